The zero-order chi connectivity index (χ0) is 12.4. The molecule has 0 radical (unpaired) electrons. The Kier molecular flexibility index (Phi) is 2.67. The van der Waals surface area contributed by atoms with Gasteiger partial charge in [0.25, 0.3) is 5.56 Å². The molecule has 84 valence electrons. The van der Waals surface area contributed by atoms with Crippen molar-refractivity contribution in [2.24, 2.45) is 7.05 Å². The van der Waals surface area contributed by atoms with Gasteiger partial charge in [-0.05, 0) is 24.3 Å². The molecule has 0 amide bonds. The Labute approximate surface area is 98.0 Å². The molecule has 0 fully saturated rings. The van der Waals surface area contributed by atoms with Crippen molar-refractivity contribution in [3.63, 3.8) is 0 Å². The molecular formula is C13H10N2O2. The van der Waals surface area contributed by atoms with Gasteiger partial charge in [0.05, 0.1) is 17.3 Å². The molecule has 1 aromatic heterocycles. The highest BCUT2D eigenvalue weighted by molar-refractivity contribution is 5.68. The van der Waals surface area contributed by atoms with Crippen LogP contribution in [0.2, 0.25) is 0 Å². The Morgan fingerprint density at radius 1 is 1.29 bits per heavy atom. The number of aromatic nitrogens is 1. The summed E-state index contributed by atoms with van der Waals surface area (Å²) in [5.41, 5.74) is 1.33. The molecule has 0 aliphatic heterocycles. The van der Waals surface area contributed by atoms with E-state index in [9.17, 15) is 9.90 Å². The van der Waals surface area contributed by atoms with Gasteiger partial charge in [0.2, 0.25) is 0 Å². The highest BCUT2D eigenvalue weighted by Gasteiger charge is 2.08. The van der Waals surface area contributed by atoms with Crippen LogP contribution in [-0.4, -0.2) is 9.67 Å². The first-order valence-corrected chi connectivity index (χ1v) is 5.03. The van der Waals surface area contributed by atoms with E-state index in [0.29, 0.717) is 16.8 Å². The van der Waals surface area contributed by atoms with Crippen LogP contribution in [0.1, 0.15) is 5.56 Å². The van der Waals surface area contributed by atoms with E-state index in [1.807, 2.05) is 6.07 Å². The summed E-state index contributed by atoms with van der Waals surface area (Å²) in [6, 6.07) is 11.3. The summed E-state index contributed by atoms with van der Waals surface area (Å²) in [6.45, 7) is 0. The first-order valence-electron chi connectivity index (χ1n) is 5.03. The van der Waals surface area contributed by atoms with Crippen LogP contribution in [0.3, 0.4) is 0 Å². The zero-order valence-electron chi connectivity index (χ0n) is 9.21. The summed E-state index contributed by atoms with van der Waals surface area (Å²) in [5, 5.41) is 18.6. The molecule has 2 aromatic rings. The average Bonchev–Trinajstić information content (AvgIpc) is 2.34. The van der Waals surface area contributed by atoms with E-state index in [-0.39, 0.29) is 11.3 Å². The smallest absolute Gasteiger partial charge is 0.250 e. The molecule has 1 aromatic carbocycles. The fraction of sp³-hybridized carbons (Fsp3) is 0.0769. The van der Waals surface area contributed by atoms with Gasteiger partial charge in [-0.2, -0.15) is 5.26 Å². The molecule has 0 aliphatic carbocycles. The molecule has 0 saturated heterocycles. The Bertz CT molecular complexity index is 666. The van der Waals surface area contributed by atoms with E-state index in [2.05, 4.69) is 0 Å². The molecule has 1 N–H and O–H groups in total. The van der Waals surface area contributed by atoms with Crippen LogP contribution in [-0.2, 0) is 7.05 Å². The SMILES string of the molecule is Cn1c(-c2cc(C#N)ccc2O)cccc1=O. The summed E-state index contributed by atoms with van der Waals surface area (Å²) in [7, 11) is 1.62. The first-order chi connectivity index (χ1) is 8.13. The molecule has 0 spiro atoms. The minimum Gasteiger partial charge on any atom is -0.507 e. The van der Waals surface area contributed by atoms with Gasteiger partial charge in [0.1, 0.15) is 5.75 Å². The molecule has 17 heavy (non-hydrogen) atoms. The van der Waals surface area contributed by atoms with Gasteiger partial charge in [-0.3, -0.25) is 4.79 Å². The molecule has 0 bridgehead atoms. The highest BCUT2D eigenvalue weighted by atomic mass is 16.3. The van der Waals surface area contributed by atoms with E-state index >= 15 is 0 Å². The third-order valence-electron chi connectivity index (χ3n) is 2.59. The van der Waals surface area contributed by atoms with Crippen LogP contribution in [0.5, 0.6) is 5.75 Å². The average molecular weight is 226 g/mol. The van der Waals surface area contributed by atoms with Gasteiger partial charge in [-0.15, -0.1) is 0 Å². The van der Waals surface area contributed by atoms with E-state index in [4.69, 9.17) is 5.26 Å². The van der Waals surface area contributed by atoms with Gasteiger partial charge in [-0.25, -0.2) is 0 Å². The number of phenolic OH excluding ortho intramolecular Hbond substituents is 1. The number of rotatable bonds is 1. The number of benzene rings is 1. The van der Waals surface area contributed by atoms with Crippen LogP contribution < -0.4 is 5.56 Å². The normalized spacial score (nSPS) is 9.88. The van der Waals surface area contributed by atoms with E-state index in [1.165, 1.54) is 22.8 Å². The molecule has 4 heteroatoms. The second-order valence-electron chi connectivity index (χ2n) is 3.65. The summed E-state index contributed by atoms with van der Waals surface area (Å²) in [4.78, 5) is 11.5. The maximum atomic E-state index is 11.5. The third-order valence-corrected chi connectivity index (χ3v) is 2.59. The van der Waals surface area contributed by atoms with Crippen molar-refractivity contribution in [2.75, 3.05) is 0 Å². The third kappa shape index (κ3) is 1.91. The lowest BCUT2D eigenvalue weighted by atomic mass is 10.1. The minimum absolute atomic E-state index is 0.0465. The number of phenols is 1. The Balaban J connectivity index is 2.73. The van der Waals surface area contributed by atoms with Gasteiger partial charge < -0.3 is 9.67 Å². The number of nitrogens with zero attached hydrogens (tertiary/aromatic N) is 2. The van der Waals surface area contributed by atoms with Crippen molar-refractivity contribution in [3.8, 4) is 23.1 Å². The molecule has 1 heterocycles. The van der Waals surface area contributed by atoms with Gasteiger partial charge in [0.15, 0.2) is 0 Å². The Hall–Kier alpha value is -2.54. The molecule has 4 nitrogen and oxygen atoms in total. The number of hydrogen-bond acceptors (Lipinski definition) is 3. The highest BCUT2D eigenvalue weighted by Crippen LogP contribution is 2.28. The lowest BCUT2D eigenvalue weighted by molar-refractivity contribution is 0.476. The Morgan fingerprint density at radius 2 is 2.06 bits per heavy atom. The lowest BCUT2D eigenvalue weighted by Crippen LogP contribution is -2.16. The monoisotopic (exact) mass is 226 g/mol. The number of nitriles is 1. The lowest BCUT2D eigenvalue weighted by Gasteiger charge is -2.09. The zero-order valence-corrected chi connectivity index (χ0v) is 9.21. The van der Waals surface area contributed by atoms with Crippen LogP contribution in [0, 0.1) is 11.3 Å². The van der Waals surface area contributed by atoms with Crippen LogP contribution >= 0.6 is 0 Å². The summed E-state index contributed by atoms with van der Waals surface area (Å²) >= 11 is 0. The number of pyridine rings is 1. The molecule has 0 atom stereocenters. The fourth-order valence-electron chi connectivity index (χ4n) is 1.65. The first kappa shape index (κ1) is 11.0. The maximum absolute atomic E-state index is 11.5. The van der Waals surface area contributed by atoms with Crippen molar-refractivity contribution in [3.05, 3.63) is 52.3 Å². The number of hydrogen-bond donors (Lipinski definition) is 1. The molecule has 2 rings (SSSR count). The van der Waals surface area contributed by atoms with Crippen molar-refractivity contribution < 1.29 is 5.11 Å². The predicted molar refractivity (Wildman–Crippen MR) is 63.5 cm³/mol. The maximum Gasteiger partial charge on any atom is 0.250 e. The fourth-order valence-corrected chi connectivity index (χ4v) is 1.65. The van der Waals surface area contributed by atoms with E-state index in [0.717, 1.165) is 0 Å². The van der Waals surface area contributed by atoms with E-state index < -0.39 is 0 Å². The van der Waals surface area contributed by atoms with Gasteiger partial charge >= 0.3 is 0 Å². The standard InChI is InChI=1S/C13H10N2O2/c1-15-11(3-2-4-13(15)17)10-7-9(8-14)5-6-12(10)16/h2-7,16H,1H3. The minimum atomic E-state index is -0.163. The predicted octanol–water partition coefficient (Wildman–Crippen LogP) is 1.63. The van der Waals surface area contributed by atoms with Crippen molar-refractivity contribution in [2.45, 2.75) is 0 Å². The van der Waals surface area contributed by atoms with Crippen LogP contribution in [0.25, 0.3) is 11.3 Å². The largest absolute Gasteiger partial charge is 0.507 e. The summed E-state index contributed by atoms with van der Waals surface area (Å²) < 4.78 is 1.43. The molecule has 0 unspecified atom stereocenters. The quantitative estimate of drug-likeness (QED) is 0.803. The van der Waals surface area contributed by atoms with Gasteiger partial charge in [0, 0.05) is 18.7 Å². The summed E-state index contributed by atoms with van der Waals surface area (Å²) in [6.07, 6.45) is 0. The number of aromatic hydroxyl groups is 1. The van der Waals surface area contributed by atoms with E-state index in [1.54, 1.807) is 25.2 Å². The van der Waals surface area contributed by atoms with Crippen LogP contribution in [0.15, 0.2) is 41.2 Å². The Morgan fingerprint density at radius 3 is 2.76 bits per heavy atom. The molecular weight excluding hydrogens is 216 g/mol. The van der Waals surface area contributed by atoms with Crippen molar-refractivity contribution >= 4 is 0 Å². The van der Waals surface area contributed by atoms with Gasteiger partial charge in [-0.1, -0.05) is 6.07 Å². The second kappa shape index (κ2) is 4.14. The molecule has 0 saturated carbocycles. The second-order valence-corrected chi connectivity index (χ2v) is 3.65. The van der Waals surface area contributed by atoms with Crippen molar-refractivity contribution in [1.82, 2.24) is 4.57 Å². The van der Waals surface area contributed by atoms with Crippen LogP contribution in [0.4, 0.5) is 0 Å². The topological polar surface area (TPSA) is 66.0 Å². The van der Waals surface area contributed by atoms with Crippen molar-refractivity contribution in [1.29, 1.82) is 5.26 Å². The molecule has 0 aliphatic rings. The summed E-state index contributed by atoms with van der Waals surface area (Å²) in [5.74, 6) is 0.0465.